The van der Waals surface area contributed by atoms with Gasteiger partial charge in [0.25, 0.3) is 0 Å². The Bertz CT molecular complexity index is 384. The number of benzene rings is 1. The van der Waals surface area contributed by atoms with Gasteiger partial charge in [0.2, 0.25) is 5.78 Å². The minimum atomic E-state index is -4.76. The number of carbonyl (C=O) groups is 1. The molecule has 1 rings (SSSR count). The number of halogens is 3. The zero-order chi connectivity index (χ0) is 12.7. The first-order chi connectivity index (χ1) is 8.00. The first-order valence-corrected chi connectivity index (χ1v) is 5.12. The van der Waals surface area contributed by atoms with E-state index in [1.165, 1.54) is 0 Å². The van der Waals surface area contributed by atoms with Gasteiger partial charge in [-0.25, -0.2) is 0 Å². The Morgan fingerprint density at radius 1 is 1.24 bits per heavy atom. The lowest BCUT2D eigenvalue weighted by Crippen LogP contribution is -2.22. The van der Waals surface area contributed by atoms with Crippen molar-refractivity contribution in [1.29, 1.82) is 0 Å². The van der Waals surface area contributed by atoms with E-state index in [0.717, 1.165) is 11.8 Å². The van der Waals surface area contributed by atoms with Gasteiger partial charge in [0.15, 0.2) is 0 Å². The molecule has 0 amide bonds. The third-order valence-corrected chi connectivity index (χ3v) is 2.09. The fourth-order valence-electron chi connectivity index (χ4n) is 1.19. The summed E-state index contributed by atoms with van der Waals surface area (Å²) in [5.74, 6) is -1.76. The summed E-state index contributed by atoms with van der Waals surface area (Å²) in [6.45, 7) is 0.384. The summed E-state index contributed by atoms with van der Waals surface area (Å²) >= 11 is 0. The Morgan fingerprint density at radius 3 is 2.47 bits per heavy atom. The van der Waals surface area contributed by atoms with Gasteiger partial charge in [-0.2, -0.15) is 13.2 Å². The molecule has 0 N–H and O–H groups in total. The number of aliphatic imine (C=N–C) groups is 1. The highest BCUT2D eigenvalue weighted by molar-refractivity contribution is 5.94. The largest absolute Gasteiger partial charge is 0.450 e. The van der Waals surface area contributed by atoms with Crippen molar-refractivity contribution >= 4 is 12.0 Å². The lowest BCUT2D eigenvalue weighted by Gasteiger charge is -2.01. The first kappa shape index (κ1) is 13.4. The molecule has 0 aliphatic heterocycles. The zero-order valence-corrected chi connectivity index (χ0v) is 9.07. The quantitative estimate of drug-likeness (QED) is 0.731. The van der Waals surface area contributed by atoms with Crippen LogP contribution < -0.4 is 0 Å². The van der Waals surface area contributed by atoms with E-state index in [-0.39, 0.29) is 0 Å². The Hall–Kier alpha value is -1.65. The molecule has 5 heteroatoms. The van der Waals surface area contributed by atoms with Gasteiger partial charge < -0.3 is 0 Å². The number of hydrogen-bond donors (Lipinski definition) is 0. The fraction of sp³-hybridized carbons (Fsp3) is 0.333. The molecule has 0 radical (unpaired) electrons. The van der Waals surface area contributed by atoms with Gasteiger partial charge in [-0.05, 0) is 12.0 Å². The Balaban J connectivity index is 2.26. The molecule has 0 saturated carbocycles. The van der Waals surface area contributed by atoms with Crippen molar-refractivity contribution in [3.05, 3.63) is 35.9 Å². The van der Waals surface area contributed by atoms with Crippen LogP contribution in [-0.2, 0) is 11.2 Å². The molecule has 2 nitrogen and oxygen atoms in total. The number of alkyl halides is 3. The molecule has 17 heavy (non-hydrogen) atoms. The van der Waals surface area contributed by atoms with E-state index in [1.54, 1.807) is 0 Å². The van der Waals surface area contributed by atoms with Crippen LogP contribution in [0.1, 0.15) is 12.0 Å². The van der Waals surface area contributed by atoms with Crippen molar-refractivity contribution in [2.45, 2.75) is 19.0 Å². The summed E-state index contributed by atoms with van der Waals surface area (Å²) < 4.78 is 35.4. The molecule has 0 spiro atoms. The summed E-state index contributed by atoms with van der Waals surface area (Å²) in [5, 5.41) is 0. The maximum atomic E-state index is 11.8. The lowest BCUT2D eigenvalue weighted by atomic mass is 10.2. The van der Waals surface area contributed by atoms with E-state index in [9.17, 15) is 18.0 Å². The SMILES string of the molecule is O=C(CC=NCCc1ccccc1)C(F)(F)F. The molecule has 1 aromatic carbocycles. The molecule has 1 aromatic rings. The number of Topliss-reactive ketones (excluding diaryl/α,β-unsaturated/α-hetero) is 1. The predicted molar refractivity (Wildman–Crippen MR) is 59.2 cm³/mol. The van der Waals surface area contributed by atoms with Gasteiger partial charge in [-0.15, -0.1) is 0 Å². The smallest absolute Gasteiger partial charge is 0.297 e. The molecule has 0 aliphatic rings. The van der Waals surface area contributed by atoms with Crippen molar-refractivity contribution in [2.75, 3.05) is 6.54 Å². The van der Waals surface area contributed by atoms with Crippen LogP contribution in [-0.4, -0.2) is 24.7 Å². The first-order valence-electron chi connectivity index (χ1n) is 5.12. The zero-order valence-electron chi connectivity index (χ0n) is 9.07. The monoisotopic (exact) mass is 243 g/mol. The molecule has 0 heterocycles. The Kier molecular flexibility index (Phi) is 4.87. The van der Waals surface area contributed by atoms with Crippen LogP contribution in [0.5, 0.6) is 0 Å². The summed E-state index contributed by atoms with van der Waals surface area (Å²) in [6, 6.07) is 9.47. The van der Waals surface area contributed by atoms with Crippen LogP contribution in [0.4, 0.5) is 13.2 Å². The van der Waals surface area contributed by atoms with Crippen LogP contribution >= 0.6 is 0 Å². The molecule has 0 fully saturated rings. The Labute approximate surface area is 97.2 Å². The van der Waals surface area contributed by atoms with E-state index in [0.29, 0.717) is 13.0 Å². The second-order valence-corrected chi connectivity index (χ2v) is 3.45. The van der Waals surface area contributed by atoms with E-state index in [4.69, 9.17) is 0 Å². The van der Waals surface area contributed by atoms with Crippen LogP contribution in [0.25, 0.3) is 0 Å². The molecule has 0 aromatic heterocycles. The molecule has 92 valence electrons. The number of nitrogens with zero attached hydrogens (tertiary/aromatic N) is 1. The number of ketones is 1. The molecular weight excluding hydrogens is 231 g/mol. The molecule has 0 saturated heterocycles. The second-order valence-electron chi connectivity index (χ2n) is 3.45. The standard InChI is InChI=1S/C12H12F3NO/c13-12(14,15)11(17)7-9-16-8-6-10-4-2-1-3-5-10/h1-5,9H,6-8H2. The number of rotatable bonds is 5. The normalized spacial score (nSPS) is 11.9. The van der Waals surface area contributed by atoms with Gasteiger partial charge in [0.1, 0.15) is 0 Å². The van der Waals surface area contributed by atoms with E-state index < -0.39 is 18.4 Å². The summed E-state index contributed by atoms with van der Waals surface area (Å²) in [4.78, 5) is 14.3. The van der Waals surface area contributed by atoms with Crippen molar-refractivity contribution in [1.82, 2.24) is 0 Å². The predicted octanol–water partition coefficient (Wildman–Crippen LogP) is 2.82. The third kappa shape index (κ3) is 5.29. The summed E-state index contributed by atoms with van der Waals surface area (Å²) in [5.41, 5.74) is 1.06. The van der Waals surface area contributed by atoms with E-state index in [2.05, 4.69) is 4.99 Å². The number of carbonyl (C=O) groups excluding carboxylic acids is 1. The van der Waals surface area contributed by atoms with Gasteiger partial charge in [0, 0.05) is 12.8 Å². The lowest BCUT2D eigenvalue weighted by molar-refractivity contribution is -0.169. The van der Waals surface area contributed by atoms with Crippen molar-refractivity contribution in [3.8, 4) is 0 Å². The van der Waals surface area contributed by atoms with Crippen molar-refractivity contribution in [2.24, 2.45) is 4.99 Å². The second kappa shape index (κ2) is 6.18. The maximum absolute atomic E-state index is 11.8. The highest BCUT2D eigenvalue weighted by Crippen LogP contribution is 2.16. The minimum absolute atomic E-state index is 0.384. The topological polar surface area (TPSA) is 29.4 Å². The average molecular weight is 243 g/mol. The highest BCUT2D eigenvalue weighted by Gasteiger charge is 2.36. The molecule has 0 atom stereocenters. The highest BCUT2D eigenvalue weighted by atomic mass is 19.4. The molecule has 0 bridgehead atoms. The fourth-order valence-corrected chi connectivity index (χ4v) is 1.19. The van der Waals surface area contributed by atoms with E-state index in [1.807, 2.05) is 30.3 Å². The summed E-state index contributed by atoms with van der Waals surface area (Å²) in [6.07, 6.45) is -3.76. The van der Waals surface area contributed by atoms with Crippen LogP contribution in [0.2, 0.25) is 0 Å². The molecule has 0 unspecified atom stereocenters. The van der Waals surface area contributed by atoms with Crippen molar-refractivity contribution < 1.29 is 18.0 Å². The number of hydrogen-bond acceptors (Lipinski definition) is 2. The Morgan fingerprint density at radius 2 is 1.88 bits per heavy atom. The van der Waals surface area contributed by atoms with Gasteiger partial charge >= 0.3 is 6.18 Å². The molecular formula is C12H12F3NO. The third-order valence-electron chi connectivity index (χ3n) is 2.09. The van der Waals surface area contributed by atoms with Crippen LogP contribution in [0, 0.1) is 0 Å². The maximum Gasteiger partial charge on any atom is 0.450 e. The van der Waals surface area contributed by atoms with E-state index >= 15 is 0 Å². The van der Waals surface area contributed by atoms with Gasteiger partial charge in [-0.3, -0.25) is 9.79 Å². The average Bonchev–Trinajstić information content (AvgIpc) is 2.28. The van der Waals surface area contributed by atoms with Crippen LogP contribution in [0.3, 0.4) is 0 Å². The minimum Gasteiger partial charge on any atom is -0.297 e. The summed E-state index contributed by atoms with van der Waals surface area (Å²) in [7, 11) is 0. The van der Waals surface area contributed by atoms with Crippen LogP contribution in [0.15, 0.2) is 35.3 Å². The van der Waals surface area contributed by atoms with Crippen molar-refractivity contribution in [3.63, 3.8) is 0 Å². The van der Waals surface area contributed by atoms with Gasteiger partial charge in [-0.1, -0.05) is 30.3 Å². The molecule has 0 aliphatic carbocycles. The van der Waals surface area contributed by atoms with Gasteiger partial charge in [0.05, 0.1) is 6.42 Å².